The standard InChI is InChI=1S/C8H9FN/c9-8-3-1-2-7(6-8)4-5-10/h1-2,6H,4-5,10H2. The highest BCUT2D eigenvalue weighted by Crippen LogP contribution is 2.01. The van der Waals surface area contributed by atoms with Crippen LogP contribution in [0.2, 0.25) is 0 Å². The third-order valence-corrected chi connectivity index (χ3v) is 1.26. The molecule has 2 heteroatoms. The molecule has 53 valence electrons. The minimum Gasteiger partial charge on any atom is -0.330 e. The molecule has 10 heavy (non-hydrogen) atoms. The fourth-order valence-corrected chi connectivity index (χ4v) is 0.803. The van der Waals surface area contributed by atoms with E-state index >= 15 is 0 Å². The lowest BCUT2D eigenvalue weighted by Crippen LogP contribution is -2.02. The maximum Gasteiger partial charge on any atom is 0.131 e. The first-order valence-electron chi connectivity index (χ1n) is 3.19. The van der Waals surface area contributed by atoms with Crippen molar-refractivity contribution in [3.8, 4) is 0 Å². The van der Waals surface area contributed by atoms with E-state index in [9.17, 15) is 4.39 Å². The minimum atomic E-state index is -0.314. The summed E-state index contributed by atoms with van der Waals surface area (Å²) in [6.07, 6.45) is 0.728. The normalized spacial score (nSPS) is 9.80. The maximum absolute atomic E-state index is 12.4. The lowest BCUT2D eigenvalue weighted by Gasteiger charge is -1.95. The Hall–Kier alpha value is -0.890. The van der Waals surface area contributed by atoms with E-state index in [1.165, 1.54) is 6.07 Å². The summed E-state index contributed by atoms with van der Waals surface area (Å²) in [6, 6.07) is 7.26. The lowest BCUT2D eigenvalue weighted by atomic mass is 10.1. The molecule has 1 radical (unpaired) electrons. The summed E-state index contributed by atoms with van der Waals surface area (Å²) in [5.74, 6) is -0.314. The van der Waals surface area contributed by atoms with E-state index in [-0.39, 0.29) is 5.82 Å². The summed E-state index contributed by atoms with van der Waals surface area (Å²) >= 11 is 0. The number of rotatable bonds is 2. The maximum atomic E-state index is 12.4. The van der Waals surface area contributed by atoms with Crippen LogP contribution >= 0.6 is 0 Å². The van der Waals surface area contributed by atoms with Crippen molar-refractivity contribution in [2.24, 2.45) is 5.73 Å². The van der Waals surface area contributed by atoms with Crippen molar-refractivity contribution in [1.29, 1.82) is 0 Å². The molecular weight excluding hydrogens is 129 g/mol. The van der Waals surface area contributed by atoms with Gasteiger partial charge >= 0.3 is 0 Å². The van der Waals surface area contributed by atoms with Gasteiger partial charge in [0.1, 0.15) is 5.82 Å². The molecule has 0 aliphatic rings. The molecule has 0 aliphatic carbocycles. The van der Waals surface area contributed by atoms with Gasteiger partial charge in [0.15, 0.2) is 0 Å². The molecule has 2 N–H and O–H groups in total. The van der Waals surface area contributed by atoms with Crippen LogP contribution in [0.1, 0.15) is 5.56 Å². The van der Waals surface area contributed by atoms with Gasteiger partial charge in [-0.05, 0) is 24.6 Å². The van der Waals surface area contributed by atoms with Crippen molar-refractivity contribution in [3.05, 3.63) is 35.6 Å². The number of hydrogen-bond donors (Lipinski definition) is 1. The van der Waals surface area contributed by atoms with Gasteiger partial charge in [-0.2, -0.15) is 0 Å². The van der Waals surface area contributed by atoms with Crippen molar-refractivity contribution < 1.29 is 4.39 Å². The van der Waals surface area contributed by atoms with Gasteiger partial charge in [-0.25, -0.2) is 4.39 Å². The molecule has 0 saturated carbocycles. The number of benzene rings is 1. The second kappa shape index (κ2) is 3.32. The summed E-state index contributed by atoms with van der Waals surface area (Å²) in [5, 5.41) is 0. The van der Waals surface area contributed by atoms with Crippen LogP contribution in [0.25, 0.3) is 0 Å². The zero-order valence-corrected chi connectivity index (χ0v) is 5.60. The zero-order valence-electron chi connectivity index (χ0n) is 5.60. The molecule has 1 nitrogen and oxygen atoms in total. The Bertz CT molecular complexity index is 210. The molecule has 0 amide bonds. The molecule has 0 saturated heterocycles. The van der Waals surface area contributed by atoms with Crippen LogP contribution in [0.4, 0.5) is 4.39 Å². The highest BCUT2D eigenvalue weighted by atomic mass is 19.1. The molecule has 1 rings (SSSR count). The third-order valence-electron chi connectivity index (χ3n) is 1.26. The minimum absolute atomic E-state index is 0.314. The Balaban J connectivity index is 2.75. The predicted octanol–water partition coefficient (Wildman–Crippen LogP) is 1.13. The largest absolute Gasteiger partial charge is 0.330 e. The molecule has 0 bridgehead atoms. The topological polar surface area (TPSA) is 26.0 Å². The van der Waals surface area contributed by atoms with Gasteiger partial charge in [0.25, 0.3) is 0 Å². The summed E-state index contributed by atoms with van der Waals surface area (Å²) < 4.78 is 12.4. The average Bonchev–Trinajstić information content (AvgIpc) is 1.88. The smallest absolute Gasteiger partial charge is 0.131 e. The summed E-state index contributed by atoms with van der Waals surface area (Å²) in [4.78, 5) is 0. The first-order valence-corrected chi connectivity index (χ1v) is 3.19. The van der Waals surface area contributed by atoms with Crippen LogP contribution in [0, 0.1) is 11.9 Å². The first-order chi connectivity index (χ1) is 4.83. The Morgan fingerprint density at radius 3 is 3.00 bits per heavy atom. The lowest BCUT2D eigenvalue weighted by molar-refractivity contribution is 0.623. The molecule has 0 spiro atoms. The van der Waals surface area contributed by atoms with Gasteiger partial charge in [-0.1, -0.05) is 12.1 Å². The van der Waals surface area contributed by atoms with Crippen LogP contribution in [0.5, 0.6) is 0 Å². The summed E-state index contributed by atoms with van der Waals surface area (Å²) in [5.41, 5.74) is 6.21. The molecule has 0 fully saturated rings. The molecule has 0 aromatic heterocycles. The van der Waals surface area contributed by atoms with E-state index in [0.717, 1.165) is 12.0 Å². The first kappa shape index (κ1) is 7.22. The van der Waals surface area contributed by atoms with Gasteiger partial charge < -0.3 is 5.73 Å². The second-order valence-electron chi connectivity index (χ2n) is 2.08. The van der Waals surface area contributed by atoms with Crippen LogP contribution in [-0.4, -0.2) is 6.54 Å². The third kappa shape index (κ3) is 1.81. The Morgan fingerprint density at radius 1 is 1.60 bits per heavy atom. The van der Waals surface area contributed by atoms with Crippen LogP contribution in [0.3, 0.4) is 0 Å². The Kier molecular flexibility index (Phi) is 2.40. The molecule has 1 aromatic carbocycles. The molecule has 1 aromatic rings. The molecule has 0 atom stereocenters. The van der Waals surface area contributed by atoms with Crippen molar-refractivity contribution in [2.45, 2.75) is 6.42 Å². The predicted molar refractivity (Wildman–Crippen MR) is 38.0 cm³/mol. The van der Waals surface area contributed by atoms with E-state index in [0.29, 0.717) is 6.54 Å². The van der Waals surface area contributed by atoms with Crippen LogP contribution in [0.15, 0.2) is 18.2 Å². The van der Waals surface area contributed by atoms with Crippen molar-refractivity contribution in [3.63, 3.8) is 0 Å². The highest BCUT2D eigenvalue weighted by Gasteiger charge is 1.92. The van der Waals surface area contributed by atoms with Crippen molar-refractivity contribution in [1.82, 2.24) is 0 Å². The number of nitrogens with two attached hydrogens (primary N) is 1. The van der Waals surface area contributed by atoms with E-state index in [4.69, 9.17) is 5.73 Å². The van der Waals surface area contributed by atoms with E-state index in [1.807, 2.05) is 6.07 Å². The average molecular weight is 138 g/mol. The highest BCUT2D eigenvalue weighted by molar-refractivity contribution is 5.15. The monoisotopic (exact) mass is 138 g/mol. The summed E-state index contributed by atoms with van der Waals surface area (Å²) in [7, 11) is 0. The Labute approximate surface area is 59.7 Å². The fourth-order valence-electron chi connectivity index (χ4n) is 0.803. The molecular formula is C8H9FN. The Morgan fingerprint density at radius 2 is 2.40 bits per heavy atom. The van der Waals surface area contributed by atoms with E-state index in [2.05, 4.69) is 6.07 Å². The molecule has 0 aliphatic heterocycles. The molecule has 0 heterocycles. The zero-order chi connectivity index (χ0) is 7.40. The number of halogens is 1. The van der Waals surface area contributed by atoms with Gasteiger partial charge in [-0.3, -0.25) is 0 Å². The SMILES string of the molecule is NCCc1cc[c]c(F)c1. The quantitative estimate of drug-likeness (QED) is 0.651. The van der Waals surface area contributed by atoms with Gasteiger partial charge in [0, 0.05) is 6.07 Å². The second-order valence-corrected chi connectivity index (χ2v) is 2.08. The summed E-state index contributed by atoms with van der Waals surface area (Å²) in [6.45, 7) is 0.559. The van der Waals surface area contributed by atoms with Gasteiger partial charge in [-0.15, -0.1) is 0 Å². The fraction of sp³-hybridized carbons (Fsp3) is 0.250. The van der Waals surface area contributed by atoms with Crippen molar-refractivity contribution >= 4 is 0 Å². The van der Waals surface area contributed by atoms with Crippen LogP contribution in [-0.2, 0) is 6.42 Å². The van der Waals surface area contributed by atoms with E-state index < -0.39 is 0 Å². The van der Waals surface area contributed by atoms with Gasteiger partial charge in [0.2, 0.25) is 0 Å². The molecule has 0 unspecified atom stereocenters. The number of hydrogen-bond acceptors (Lipinski definition) is 1. The van der Waals surface area contributed by atoms with E-state index in [1.54, 1.807) is 6.07 Å². The van der Waals surface area contributed by atoms with Crippen LogP contribution < -0.4 is 5.73 Å². The van der Waals surface area contributed by atoms with Crippen molar-refractivity contribution in [2.75, 3.05) is 6.54 Å². The van der Waals surface area contributed by atoms with Gasteiger partial charge in [0.05, 0.1) is 0 Å².